The minimum atomic E-state index is -0.375. The maximum atomic E-state index is 13.7. The Hall–Kier alpha value is -0.750. The molecular weight excluding hydrogens is 388 g/mol. The predicted molar refractivity (Wildman–Crippen MR) is 123 cm³/mol. The first-order valence-corrected chi connectivity index (χ1v) is 12.3. The molecule has 5 heteroatoms. The van der Waals surface area contributed by atoms with Crippen molar-refractivity contribution in [2.75, 3.05) is 20.7 Å². The van der Waals surface area contributed by atoms with Gasteiger partial charge in [0.05, 0.1) is 12.7 Å². The highest BCUT2D eigenvalue weighted by Gasteiger charge is 2.67. The van der Waals surface area contributed by atoms with Crippen molar-refractivity contribution in [3.05, 3.63) is 11.6 Å². The van der Waals surface area contributed by atoms with E-state index in [-0.39, 0.29) is 64.7 Å². The number of fused-ring (bicyclic) bond motifs is 4. The third-order valence-corrected chi connectivity index (χ3v) is 11.0. The fourth-order valence-corrected chi connectivity index (χ4v) is 8.55. The third-order valence-electron chi connectivity index (χ3n) is 11.0. The number of aliphatic hydroxyl groups excluding tert-OH is 2. The average molecular weight is 433 g/mol. The molecule has 4 aliphatic carbocycles. The molecular formula is C26H44N2O3. The molecule has 31 heavy (non-hydrogen) atoms. The molecule has 4 N–H and O–H groups in total. The van der Waals surface area contributed by atoms with Gasteiger partial charge in [-0.3, -0.25) is 4.79 Å². The molecule has 5 nitrogen and oxygen atoms in total. The van der Waals surface area contributed by atoms with Crippen molar-refractivity contribution in [1.82, 2.24) is 4.90 Å². The Morgan fingerprint density at radius 2 is 1.90 bits per heavy atom. The van der Waals surface area contributed by atoms with Crippen LogP contribution < -0.4 is 5.73 Å². The lowest BCUT2D eigenvalue weighted by Gasteiger charge is -2.56. The Labute approximate surface area is 188 Å². The van der Waals surface area contributed by atoms with Crippen LogP contribution in [0.15, 0.2) is 11.6 Å². The summed E-state index contributed by atoms with van der Waals surface area (Å²) in [5.41, 5.74) is 7.25. The number of nitrogens with zero attached hydrogens (tertiary/aromatic N) is 1. The van der Waals surface area contributed by atoms with Gasteiger partial charge in [-0.2, -0.15) is 0 Å². The molecule has 4 rings (SSSR count). The zero-order valence-electron chi connectivity index (χ0n) is 20.4. The van der Waals surface area contributed by atoms with Crippen LogP contribution in [-0.2, 0) is 4.79 Å². The van der Waals surface area contributed by atoms with Gasteiger partial charge in [0.1, 0.15) is 5.78 Å². The van der Waals surface area contributed by atoms with Gasteiger partial charge in [0.2, 0.25) is 0 Å². The Kier molecular flexibility index (Phi) is 5.77. The van der Waals surface area contributed by atoms with Crippen molar-refractivity contribution in [2.24, 2.45) is 45.7 Å². The number of hydrogen-bond donors (Lipinski definition) is 3. The summed E-state index contributed by atoms with van der Waals surface area (Å²) in [6.45, 7) is 9.07. The van der Waals surface area contributed by atoms with Crippen LogP contribution in [0.4, 0.5) is 0 Å². The fourth-order valence-electron chi connectivity index (χ4n) is 8.55. The van der Waals surface area contributed by atoms with Gasteiger partial charge in [-0.15, -0.1) is 0 Å². The first kappa shape index (κ1) is 23.4. The van der Waals surface area contributed by atoms with Gasteiger partial charge in [-0.25, -0.2) is 0 Å². The monoisotopic (exact) mass is 432 g/mol. The van der Waals surface area contributed by atoms with Gasteiger partial charge in [0.15, 0.2) is 0 Å². The van der Waals surface area contributed by atoms with E-state index in [4.69, 9.17) is 5.73 Å². The maximum absolute atomic E-state index is 13.7. The number of carbonyl (C=O) groups excluding carboxylic acids is 1. The van der Waals surface area contributed by atoms with Crippen LogP contribution in [-0.4, -0.2) is 59.8 Å². The van der Waals surface area contributed by atoms with Crippen molar-refractivity contribution < 1.29 is 15.0 Å². The van der Waals surface area contributed by atoms with Crippen LogP contribution >= 0.6 is 0 Å². The van der Waals surface area contributed by atoms with Gasteiger partial charge in [0.25, 0.3) is 0 Å². The Morgan fingerprint density at radius 1 is 1.23 bits per heavy atom. The second-order valence-electron chi connectivity index (χ2n) is 12.3. The highest BCUT2D eigenvalue weighted by atomic mass is 16.3. The van der Waals surface area contributed by atoms with Gasteiger partial charge in [-0.1, -0.05) is 32.4 Å². The molecule has 0 aromatic heterocycles. The lowest BCUT2D eigenvalue weighted by atomic mass is 9.48. The molecule has 0 bridgehead atoms. The predicted octanol–water partition coefficient (Wildman–Crippen LogP) is 2.99. The first-order chi connectivity index (χ1) is 14.4. The second-order valence-corrected chi connectivity index (χ2v) is 12.3. The summed E-state index contributed by atoms with van der Waals surface area (Å²) in [7, 11) is 4.15. The van der Waals surface area contributed by atoms with Gasteiger partial charge in [-0.05, 0) is 75.8 Å². The van der Waals surface area contributed by atoms with Crippen molar-refractivity contribution in [3.8, 4) is 0 Å². The summed E-state index contributed by atoms with van der Waals surface area (Å²) >= 11 is 0. The van der Waals surface area contributed by atoms with E-state index in [1.165, 1.54) is 5.57 Å². The van der Waals surface area contributed by atoms with Crippen molar-refractivity contribution in [1.29, 1.82) is 0 Å². The molecule has 0 aromatic rings. The lowest BCUT2D eigenvalue weighted by molar-refractivity contribution is -0.147. The van der Waals surface area contributed by atoms with Crippen molar-refractivity contribution in [3.63, 3.8) is 0 Å². The number of allylic oxidation sites excluding steroid dienone is 1. The zero-order chi connectivity index (χ0) is 22.9. The van der Waals surface area contributed by atoms with E-state index in [9.17, 15) is 15.0 Å². The summed E-state index contributed by atoms with van der Waals surface area (Å²) in [4.78, 5) is 15.9. The van der Waals surface area contributed by atoms with Crippen LogP contribution in [0, 0.1) is 39.9 Å². The Bertz CT molecular complexity index is 766. The maximum Gasteiger partial charge on any atom is 0.137 e. The minimum absolute atomic E-state index is 0.0344. The number of Topliss-reactive ketones (excluding diaryl/α,β-unsaturated/α-hetero) is 1. The molecule has 0 aromatic carbocycles. The SMILES string of the molecule is C[C@@H]([C@H]1[C@H](O)C[C@@]2(C)[C@@H]3CC[C@@H]4C(=CC[C@H](N)[C@@]4(C)CO)C[C@H]3C(=O)C[C@]12C)N(C)C. The minimum Gasteiger partial charge on any atom is -0.396 e. The van der Waals surface area contributed by atoms with Crippen LogP contribution in [0.2, 0.25) is 0 Å². The Balaban J connectivity index is 1.73. The molecule has 3 saturated carbocycles. The van der Waals surface area contributed by atoms with Crippen LogP contribution in [0.5, 0.6) is 0 Å². The van der Waals surface area contributed by atoms with Gasteiger partial charge in [0, 0.05) is 35.8 Å². The molecule has 4 aliphatic rings. The van der Waals surface area contributed by atoms with E-state index in [2.05, 4.69) is 52.8 Å². The van der Waals surface area contributed by atoms with Crippen LogP contribution in [0.25, 0.3) is 0 Å². The van der Waals surface area contributed by atoms with E-state index in [1.807, 2.05) is 0 Å². The molecule has 0 aliphatic heterocycles. The zero-order valence-corrected chi connectivity index (χ0v) is 20.4. The molecule has 0 heterocycles. The largest absolute Gasteiger partial charge is 0.396 e. The normalized spacial score (nSPS) is 50.9. The number of nitrogens with two attached hydrogens (primary N) is 1. The van der Waals surface area contributed by atoms with E-state index in [1.54, 1.807) is 0 Å². The second kappa shape index (κ2) is 7.65. The topological polar surface area (TPSA) is 86.8 Å². The molecule has 0 spiro atoms. The lowest BCUT2D eigenvalue weighted by Crippen LogP contribution is -2.55. The van der Waals surface area contributed by atoms with Gasteiger partial charge >= 0.3 is 0 Å². The van der Waals surface area contributed by atoms with Crippen LogP contribution in [0.1, 0.15) is 66.2 Å². The highest BCUT2D eigenvalue weighted by Crippen LogP contribution is 2.69. The third kappa shape index (κ3) is 3.13. The molecule has 176 valence electrons. The smallest absolute Gasteiger partial charge is 0.137 e. The summed E-state index contributed by atoms with van der Waals surface area (Å²) in [6.07, 6.45) is 6.79. The Morgan fingerprint density at radius 3 is 2.52 bits per heavy atom. The summed E-state index contributed by atoms with van der Waals surface area (Å²) < 4.78 is 0. The van der Waals surface area contributed by atoms with Crippen molar-refractivity contribution >= 4 is 5.78 Å². The standard InChI is InChI=1S/C26H44N2O3/c1-15(28(5)6)23-21(31)13-25(3)19-9-8-18-16(7-10-22(27)24(18,2)14-29)11-17(19)20(30)12-26(23,25)4/h7,15,17-19,21-23,29,31H,8-14,27H2,1-6H3/t15-,17+,18+,19+,21+,22-,23-,24-,25-,26+/m0/s1. The number of carbonyl (C=O) groups is 1. The fraction of sp³-hybridized carbons (Fsp3) is 0.885. The molecule has 0 radical (unpaired) electrons. The molecule has 0 amide bonds. The molecule has 3 fully saturated rings. The summed E-state index contributed by atoms with van der Waals surface area (Å²) in [5.74, 6) is 1.04. The number of aliphatic hydroxyl groups is 2. The van der Waals surface area contributed by atoms with Crippen LogP contribution in [0.3, 0.4) is 0 Å². The summed E-state index contributed by atoms with van der Waals surface area (Å²) in [5, 5.41) is 21.6. The highest BCUT2D eigenvalue weighted by molar-refractivity contribution is 5.84. The van der Waals surface area contributed by atoms with Crippen molar-refractivity contribution in [2.45, 2.75) is 84.4 Å². The number of hydrogen-bond acceptors (Lipinski definition) is 5. The summed E-state index contributed by atoms with van der Waals surface area (Å²) in [6, 6.07) is 0.180. The number of rotatable bonds is 3. The molecule has 0 unspecified atom stereocenters. The van der Waals surface area contributed by atoms with Gasteiger partial charge < -0.3 is 20.8 Å². The average Bonchev–Trinajstić information content (AvgIpc) is 2.83. The molecule has 0 saturated heterocycles. The van der Waals surface area contributed by atoms with E-state index < -0.39 is 0 Å². The number of ketones is 1. The van der Waals surface area contributed by atoms with E-state index >= 15 is 0 Å². The van der Waals surface area contributed by atoms with E-state index in [0.29, 0.717) is 12.2 Å². The van der Waals surface area contributed by atoms with E-state index in [0.717, 1.165) is 32.1 Å². The molecule has 10 atom stereocenters. The quantitative estimate of drug-likeness (QED) is 0.597. The first-order valence-electron chi connectivity index (χ1n) is 12.3.